The van der Waals surface area contributed by atoms with E-state index in [4.69, 9.17) is 14.6 Å². The number of benzene rings is 2. The molecular weight excluding hydrogens is 445 g/mol. The molecule has 1 aromatic heterocycles. The highest BCUT2D eigenvalue weighted by Gasteiger charge is 2.29. The van der Waals surface area contributed by atoms with E-state index in [1.807, 2.05) is 41.9 Å². The van der Waals surface area contributed by atoms with Gasteiger partial charge in [-0.2, -0.15) is 5.10 Å². The molecule has 1 fully saturated rings. The average molecular weight is 482 g/mol. The SMILES string of the molecule is CCOC[C@H](O)CN(Cc1c(C(C)C)nn(-c2ccccc2)c1Oc1cccc(F)c1)CC1CC1. The van der Waals surface area contributed by atoms with Crippen molar-refractivity contribution in [1.82, 2.24) is 14.7 Å². The van der Waals surface area contributed by atoms with Crippen molar-refractivity contribution in [3.8, 4) is 17.3 Å². The van der Waals surface area contributed by atoms with E-state index < -0.39 is 6.10 Å². The molecular formula is C28H36FN3O3. The van der Waals surface area contributed by atoms with Gasteiger partial charge in [0, 0.05) is 32.3 Å². The van der Waals surface area contributed by atoms with Crippen LogP contribution in [0, 0.1) is 11.7 Å². The van der Waals surface area contributed by atoms with Gasteiger partial charge in [0.25, 0.3) is 0 Å². The van der Waals surface area contributed by atoms with Crippen molar-refractivity contribution in [1.29, 1.82) is 0 Å². The van der Waals surface area contributed by atoms with Crippen molar-refractivity contribution in [3.05, 3.63) is 71.7 Å². The summed E-state index contributed by atoms with van der Waals surface area (Å²) in [6.45, 7) is 9.02. The number of aliphatic hydroxyl groups is 1. The van der Waals surface area contributed by atoms with Crippen LogP contribution in [0.5, 0.6) is 11.6 Å². The summed E-state index contributed by atoms with van der Waals surface area (Å²) in [6, 6.07) is 16.0. The van der Waals surface area contributed by atoms with Gasteiger partial charge in [-0.1, -0.05) is 38.1 Å². The zero-order valence-electron chi connectivity index (χ0n) is 20.9. The van der Waals surface area contributed by atoms with Crippen LogP contribution in [0.2, 0.25) is 0 Å². The van der Waals surface area contributed by atoms with Crippen LogP contribution < -0.4 is 4.74 Å². The van der Waals surface area contributed by atoms with E-state index in [0.29, 0.717) is 43.9 Å². The van der Waals surface area contributed by atoms with E-state index in [0.717, 1.165) is 23.5 Å². The molecule has 0 bridgehead atoms. The topological polar surface area (TPSA) is 59.8 Å². The maximum Gasteiger partial charge on any atom is 0.227 e. The Labute approximate surface area is 207 Å². The van der Waals surface area contributed by atoms with Crippen LogP contribution in [0.4, 0.5) is 4.39 Å². The monoisotopic (exact) mass is 481 g/mol. The van der Waals surface area contributed by atoms with Crippen molar-refractivity contribution >= 4 is 0 Å². The molecule has 6 nitrogen and oxygen atoms in total. The van der Waals surface area contributed by atoms with Crippen LogP contribution >= 0.6 is 0 Å². The molecule has 1 N–H and O–H groups in total. The molecule has 1 heterocycles. The van der Waals surface area contributed by atoms with Gasteiger partial charge in [-0.3, -0.25) is 4.90 Å². The highest BCUT2D eigenvalue weighted by atomic mass is 19.1. The minimum Gasteiger partial charge on any atom is -0.438 e. The molecule has 3 aromatic rings. The van der Waals surface area contributed by atoms with Crippen LogP contribution in [-0.2, 0) is 11.3 Å². The molecule has 0 aliphatic heterocycles. The number of nitrogens with zero attached hydrogens (tertiary/aromatic N) is 3. The summed E-state index contributed by atoms with van der Waals surface area (Å²) in [5.41, 5.74) is 2.76. The molecule has 35 heavy (non-hydrogen) atoms. The zero-order chi connectivity index (χ0) is 24.8. The van der Waals surface area contributed by atoms with Crippen molar-refractivity contribution in [2.45, 2.75) is 52.2 Å². The van der Waals surface area contributed by atoms with E-state index in [2.05, 4.69) is 18.7 Å². The Morgan fingerprint density at radius 3 is 2.57 bits per heavy atom. The predicted octanol–water partition coefficient (Wildman–Crippen LogP) is 5.54. The van der Waals surface area contributed by atoms with Gasteiger partial charge < -0.3 is 14.6 Å². The first-order valence-corrected chi connectivity index (χ1v) is 12.5. The fraction of sp³-hybridized carbons (Fsp3) is 0.464. The Balaban J connectivity index is 1.73. The number of rotatable bonds is 13. The maximum absolute atomic E-state index is 14.0. The van der Waals surface area contributed by atoms with Crippen molar-refractivity contribution in [2.75, 3.05) is 26.3 Å². The van der Waals surface area contributed by atoms with Crippen LogP contribution in [-0.4, -0.2) is 52.2 Å². The normalized spacial score (nSPS) is 14.6. The van der Waals surface area contributed by atoms with E-state index >= 15 is 0 Å². The lowest BCUT2D eigenvalue weighted by atomic mass is 10.1. The summed E-state index contributed by atoms with van der Waals surface area (Å²) >= 11 is 0. The first kappa shape index (κ1) is 25.4. The highest BCUT2D eigenvalue weighted by Crippen LogP contribution is 2.36. The largest absolute Gasteiger partial charge is 0.438 e. The molecule has 4 rings (SSSR count). The lowest BCUT2D eigenvalue weighted by Crippen LogP contribution is -2.36. The summed E-state index contributed by atoms with van der Waals surface area (Å²) in [4.78, 5) is 2.28. The third-order valence-corrected chi connectivity index (χ3v) is 6.10. The Hall–Kier alpha value is -2.74. The summed E-state index contributed by atoms with van der Waals surface area (Å²) in [5.74, 6) is 1.44. The minimum absolute atomic E-state index is 0.154. The number of aromatic nitrogens is 2. The van der Waals surface area contributed by atoms with Gasteiger partial charge in [0.15, 0.2) is 0 Å². The van der Waals surface area contributed by atoms with Crippen LogP contribution in [0.15, 0.2) is 54.6 Å². The smallest absolute Gasteiger partial charge is 0.227 e. The third kappa shape index (κ3) is 6.90. The number of aliphatic hydroxyl groups excluding tert-OH is 1. The molecule has 0 amide bonds. The number of hydrogen-bond donors (Lipinski definition) is 1. The van der Waals surface area contributed by atoms with Gasteiger partial charge in [0.2, 0.25) is 5.88 Å². The van der Waals surface area contributed by atoms with E-state index in [1.165, 1.54) is 25.0 Å². The molecule has 1 aliphatic rings. The van der Waals surface area contributed by atoms with Crippen LogP contribution in [0.25, 0.3) is 5.69 Å². The lowest BCUT2D eigenvalue weighted by Gasteiger charge is -2.26. The molecule has 1 aliphatic carbocycles. The summed E-state index contributed by atoms with van der Waals surface area (Å²) in [7, 11) is 0. The third-order valence-electron chi connectivity index (χ3n) is 6.10. The maximum atomic E-state index is 14.0. The molecule has 0 spiro atoms. The van der Waals surface area contributed by atoms with Gasteiger partial charge in [0.1, 0.15) is 11.6 Å². The Bertz CT molecular complexity index is 1080. The number of halogens is 1. The fourth-order valence-corrected chi connectivity index (χ4v) is 4.25. The molecule has 0 saturated heterocycles. The molecule has 7 heteroatoms. The van der Waals surface area contributed by atoms with Gasteiger partial charge >= 0.3 is 0 Å². The van der Waals surface area contributed by atoms with Crippen molar-refractivity contribution in [2.24, 2.45) is 5.92 Å². The van der Waals surface area contributed by atoms with Crippen LogP contribution in [0.3, 0.4) is 0 Å². The van der Waals surface area contributed by atoms with Gasteiger partial charge in [-0.05, 0) is 55.9 Å². The minimum atomic E-state index is -0.576. The van der Waals surface area contributed by atoms with Crippen molar-refractivity contribution in [3.63, 3.8) is 0 Å². The van der Waals surface area contributed by atoms with Gasteiger partial charge in [0.05, 0.1) is 29.7 Å². The molecule has 0 unspecified atom stereocenters. The molecule has 1 atom stereocenters. The molecule has 0 radical (unpaired) electrons. The number of para-hydroxylation sites is 1. The van der Waals surface area contributed by atoms with Gasteiger partial charge in [-0.25, -0.2) is 9.07 Å². The predicted molar refractivity (Wildman–Crippen MR) is 135 cm³/mol. The van der Waals surface area contributed by atoms with E-state index in [-0.39, 0.29) is 11.7 Å². The Morgan fingerprint density at radius 2 is 1.91 bits per heavy atom. The van der Waals surface area contributed by atoms with Crippen LogP contribution in [0.1, 0.15) is 50.8 Å². The summed E-state index contributed by atoms with van der Waals surface area (Å²) < 4.78 is 27.6. The standard InChI is InChI=1S/C28H36FN3O3/c1-4-34-19-24(33)17-31(16-21-13-14-21)18-26-27(20(2)3)30-32(23-10-6-5-7-11-23)28(26)35-25-12-8-9-22(29)15-25/h5-12,15,20-21,24,33H,4,13-14,16-19H2,1-3H3/t24-/m1/s1. The second kappa shape index (κ2) is 11.8. The first-order chi connectivity index (χ1) is 16.9. The van der Waals surface area contributed by atoms with Crippen molar-refractivity contribution < 1.29 is 19.0 Å². The Kier molecular flexibility index (Phi) is 8.55. The van der Waals surface area contributed by atoms with Gasteiger partial charge in [-0.15, -0.1) is 0 Å². The first-order valence-electron chi connectivity index (χ1n) is 12.5. The lowest BCUT2D eigenvalue weighted by molar-refractivity contribution is 0.0185. The zero-order valence-corrected chi connectivity index (χ0v) is 20.9. The Morgan fingerprint density at radius 1 is 1.14 bits per heavy atom. The summed E-state index contributed by atoms with van der Waals surface area (Å²) in [5, 5.41) is 15.6. The average Bonchev–Trinajstić information content (AvgIpc) is 3.59. The molecule has 1 saturated carbocycles. The highest BCUT2D eigenvalue weighted by molar-refractivity contribution is 5.44. The second-order valence-corrected chi connectivity index (χ2v) is 9.58. The number of ether oxygens (including phenoxy) is 2. The molecule has 188 valence electrons. The second-order valence-electron chi connectivity index (χ2n) is 9.58. The van der Waals surface area contributed by atoms with E-state index in [1.54, 1.807) is 12.1 Å². The molecule has 2 aromatic carbocycles. The summed E-state index contributed by atoms with van der Waals surface area (Å²) in [6.07, 6.45) is 1.85. The quantitative estimate of drug-likeness (QED) is 0.348. The fourth-order valence-electron chi connectivity index (χ4n) is 4.25. The number of hydrogen-bond acceptors (Lipinski definition) is 5. The van der Waals surface area contributed by atoms with E-state index in [9.17, 15) is 9.50 Å².